The summed E-state index contributed by atoms with van der Waals surface area (Å²) in [6, 6.07) is 10.4. The van der Waals surface area contributed by atoms with Crippen molar-refractivity contribution in [1.29, 1.82) is 0 Å². The summed E-state index contributed by atoms with van der Waals surface area (Å²) >= 11 is 0. The lowest BCUT2D eigenvalue weighted by molar-refractivity contribution is 0.450. The smallest absolute Gasteiger partial charge is 0.0368 e. The molecule has 19 heavy (non-hydrogen) atoms. The zero-order valence-corrected chi connectivity index (χ0v) is 12.7. The Hall–Kier alpha value is -1.02. The van der Waals surface area contributed by atoms with E-state index in [9.17, 15) is 0 Å². The highest BCUT2D eigenvalue weighted by Crippen LogP contribution is 2.28. The van der Waals surface area contributed by atoms with Gasteiger partial charge in [-0.3, -0.25) is 0 Å². The van der Waals surface area contributed by atoms with E-state index in [1.807, 2.05) is 7.05 Å². The summed E-state index contributed by atoms with van der Waals surface area (Å²) in [4.78, 5) is 2.60. The zero-order chi connectivity index (χ0) is 13.7. The fourth-order valence-corrected chi connectivity index (χ4v) is 3.27. The second-order valence-corrected chi connectivity index (χ2v) is 5.59. The van der Waals surface area contributed by atoms with Crippen molar-refractivity contribution in [3.8, 4) is 0 Å². The Labute approximate surface area is 118 Å². The number of anilines is 1. The van der Waals surface area contributed by atoms with E-state index < -0.39 is 0 Å². The van der Waals surface area contributed by atoms with Gasteiger partial charge < -0.3 is 10.2 Å². The average Bonchev–Trinajstić information content (AvgIpc) is 2.49. The van der Waals surface area contributed by atoms with Crippen molar-refractivity contribution in [3.63, 3.8) is 0 Å². The molecule has 2 rings (SSSR count). The fraction of sp³-hybridized carbons (Fsp3) is 0.647. The molecule has 2 nitrogen and oxygen atoms in total. The lowest BCUT2D eigenvalue weighted by atomic mass is 9.98. The van der Waals surface area contributed by atoms with E-state index in [2.05, 4.69) is 48.3 Å². The predicted molar refractivity (Wildman–Crippen MR) is 83.8 cm³/mol. The minimum absolute atomic E-state index is 0.484. The number of nitrogens with zero attached hydrogens (tertiary/aromatic N) is 1. The molecule has 1 fully saturated rings. The molecule has 0 aromatic heterocycles. The molecular formula is C17H28N2. The van der Waals surface area contributed by atoms with E-state index in [1.54, 1.807) is 0 Å². The Kier molecular flexibility index (Phi) is 5.26. The van der Waals surface area contributed by atoms with Crippen LogP contribution >= 0.6 is 0 Å². The van der Waals surface area contributed by atoms with Crippen molar-refractivity contribution >= 4 is 5.69 Å². The number of rotatable bonds is 5. The number of benzene rings is 1. The number of hydrogen-bond acceptors (Lipinski definition) is 2. The third-order valence-electron chi connectivity index (χ3n) is 4.48. The van der Waals surface area contributed by atoms with Crippen LogP contribution in [0.1, 0.15) is 57.6 Å². The van der Waals surface area contributed by atoms with Gasteiger partial charge in [0, 0.05) is 24.3 Å². The van der Waals surface area contributed by atoms with Crippen molar-refractivity contribution in [2.75, 3.05) is 18.5 Å². The molecule has 1 heterocycles. The van der Waals surface area contributed by atoms with Crippen LogP contribution in [0.15, 0.2) is 24.3 Å². The Morgan fingerprint density at radius 1 is 1.21 bits per heavy atom. The summed E-state index contributed by atoms with van der Waals surface area (Å²) in [6.07, 6.45) is 6.48. The lowest BCUT2D eigenvalue weighted by Gasteiger charge is -2.37. The highest BCUT2D eigenvalue weighted by Gasteiger charge is 2.21. The van der Waals surface area contributed by atoms with Crippen molar-refractivity contribution < 1.29 is 0 Å². The number of piperidine rings is 1. The van der Waals surface area contributed by atoms with Gasteiger partial charge in [0.05, 0.1) is 0 Å². The molecule has 0 radical (unpaired) electrons. The molecule has 0 amide bonds. The van der Waals surface area contributed by atoms with Crippen molar-refractivity contribution in [1.82, 2.24) is 5.32 Å². The van der Waals surface area contributed by atoms with Crippen LogP contribution in [0.5, 0.6) is 0 Å². The maximum Gasteiger partial charge on any atom is 0.0368 e. The maximum absolute atomic E-state index is 3.37. The van der Waals surface area contributed by atoms with Gasteiger partial charge in [-0.25, -0.2) is 0 Å². The Morgan fingerprint density at radius 2 is 1.95 bits per heavy atom. The lowest BCUT2D eigenvalue weighted by Crippen LogP contribution is -2.39. The molecule has 106 valence electrons. The van der Waals surface area contributed by atoms with E-state index in [0.717, 1.165) is 12.5 Å². The minimum Gasteiger partial charge on any atom is -0.369 e. The van der Waals surface area contributed by atoms with E-state index >= 15 is 0 Å². The summed E-state index contributed by atoms with van der Waals surface area (Å²) in [5.41, 5.74) is 2.81. The Bertz CT molecular complexity index is 367. The maximum atomic E-state index is 3.37. The van der Waals surface area contributed by atoms with Gasteiger partial charge in [0.2, 0.25) is 0 Å². The summed E-state index contributed by atoms with van der Waals surface area (Å²) in [5, 5.41) is 3.37. The SMILES string of the molecule is CCC(NC)c1ccc(N2CCCCC2CC)cc1. The minimum atomic E-state index is 0.484. The molecule has 1 aliphatic heterocycles. The molecule has 2 heteroatoms. The first kappa shape index (κ1) is 14.4. The van der Waals surface area contributed by atoms with Crippen LogP contribution in [0.25, 0.3) is 0 Å². The van der Waals surface area contributed by atoms with Crippen molar-refractivity contribution in [2.24, 2.45) is 0 Å². The average molecular weight is 260 g/mol. The van der Waals surface area contributed by atoms with Gasteiger partial charge in [-0.05, 0) is 56.8 Å². The molecule has 1 aromatic rings. The first-order valence-electron chi connectivity index (χ1n) is 7.84. The molecule has 1 N–H and O–H groups in total. The van der Waals surface area contributed by atoms with Crippen LogP contribution in [0.2, 0.25) is 0 Å². The molecule has 2 unspecified atom stereocenters. The normalized spacial score (nSPS) is 21.4. The molecular weight excluding hydrogens is 232 g/mol. The highest BCUT2D eigenvalue weighted by atomic mass is 15.2. The molecule has 0 aliphatic carbocycles. The van der Waals surface area contributed by atoms with Gasteiger partial charge >= 0.3 is 0 Å². The monoisotopic (exact) mass is 260 g/mol. The Balaban J connectivity index is 2.12. The van der Waals surface area contributed by atoms with Crippen LogP contribution in [0.4, 0.5) is 5.69 Å². The molecule has 0 spiro atoms. The third-order valence-corrected chi connectivity index (χ3v) is 4.48. The zero-order valence-electron chi connectivity index (χ0n) is 12.7. The summed E-state index contributed by atoms with van der Waals surface area (Å²) in [5.74, 6) is 0. The highest BCUT2D eigenvalue weighted by molar-refractivity contribution is 5.49. The quantitative estimate of drug-likeness (QED) is 0.856. The van der Waals surface area contributed by atoms with Gasteiger partial charge in [0.15, 0.2) is 0 Å². The van der Waals surface area contributed by atoms with E-state index in [0.29, 0.717) is 6.04 Å². The molecule has 0 saturated carbocycles. The summed E-state index contributed by atoms with van der Waals surface area (Å²) in [6.45, 7) is 5.76. The van der Waals surface area contributed by atoms with Crippen LogP contribution in [0, 0.1) is 0 Å². The first-order valence-corrected chi connectivity index (χ1v) is 7.84. The fourth-order valence-electron chi connectivity index (χ4n) is 3.27. The van der Waals surface area contributed by atoms with E-state index in [4.69, 9.17) is 0 Å². The van der Waals surface area contributed by atoms with Crippen molar-refractivity contribution in [2.45, 2.75) is 58.0 Å². The van der Waals surface area contributed by atoms with Gasteiger partial charge in [0.25, 0.3) is 0 Å². The van der Waals surface area contributed by atoms with Crippen molar-refractivity contribution in [3.05, 3.63) is 29.8 Å². The van der Waals surface area contributed by atoms with Gasteiger partial charge in [-0.15, -0.1) is 0 Å². The molecule has 1 saturated heterocycles. The Morgan fingerprint density at radius 3 is 2.53 bits per heavy atom. The second kappa shape index (κ2) is 6.95. The van der Waals surface area contributed by atoms with Crippen LogP contribution in [0.3, 0.4) is 0 Å². The molecule has 1 aromatic carbocycles. The largest absolute Gasteiger partial charge is 0.369 e. The van der Waals surface area contributed by atoms with E-state index in [-0.39, 0.29) is 0 Å². The van der Waals surface area contributed by atoms with Gasteiger partial charge in [0.1, 0.15) is 0 Å². The van der Waals surface area contributed by atoms with Crippen LogP contribution < -0.4 is 10.2 Å². The van der Waals surface area contributed by atoms with Gasteiger partial charge in [-0.2, -0.15) is 0 Å². The third kappa shape index (κ3) is 3.30. The standard InChI is InChI=1S/C17H28N2/c1-4-15-8-6-7-13-19(15)16-11-9-14(10-12-16)17(5-2)18-3/h9-12,15,17-18H,4-8,13H2,1-3H3. The summed E-state index contributed by atoms with van der Waals surface area (Å²) < 4.78 is 0. The predicted octanol–water partition coefficient (Wildman–Crippen LogP) is 4.13. The number of nitrogens with one attached hydrogen (secondary N) is 1. The second-order valence-electron chi connectivity index (χ2n) is 5.59. The number of hydrogen-bond donors (Lipinski definition) is 1. The van der Waals surface area contributed by atoms with Gasteiger partial charge in [-0.1, -0.05) is 26.0 Å². The van der Waals surface area contributed by atoms with Crippen LogP contribution in [-0.4, -0.2) is 19.6 Å². The summed E-state index contributed by atoms with van der Waals surface area (Å²) in [7, 11) is 2.04. The molecule has 2 atom stereocenters. The molecule has 0 bridgehead atoms. The molecule has 1 aliphatic rings. The topological polar surface area (TPSA) is 15.3 Å². The first-order chi connectivity index (χ1) is 9.30. The van der Waals surface area contributed by atoms with E-state index in [1.165, 1.54) is 43.5 Å². The van der Waals surface area contributed by atoms with Crippen LogP contribution in [-0.2, 0) is 0 Å².